The minimum absolute atomic E-state index is 0.139. The lowest BCUT2D eigenvalue weighted by molar-refractivity contribution is -0.568. The van der Waals surface area contributed by atoms with E-state index < -0.39 is 23.6 Å². The van der Waals surface area contributed by atoms with Gasteiger partial charge in [0.2, 0.25) is 5.79 Å². The smallest absolute Gasteiger partial charge is 0.335 e. The Morgan fingerprint density at radius 1 is 1.17 bits per heavy atom. The number of carboxylic acids is 1. The van der Waals surface area contributed by atoms with Crippen LogP contribution in [0.25, 0.3) is 0 Å². The topological polar surface area (TPSA) is 74.2 Å². The summed E-state index contributed by atoms with van der Waals surface area (Å²) in [7, 11) is 0. The summed E-state index contributed by atoms with van der Waals surface area (Å²) < 4.78 is 12.9. The van der Waals surface area contributed by atoms with E-state index in [-0.39, 0.29) is 22.8 Å². The maximum atomic E-state index is 11.3. The van der Waals surface area contributed by atoms with Crippen molar-refractivity contribution in [1.82, 2.24) is 0 Å². The van der Waals surface area contributed by atoms with E-state index in [1.54, 1.807) is 30.0 Å². The van der Waals surface area contributed by atoms with Crippen molar-refractivity contribution in [2.24, 2.45) is 23.7 Å². The van der Waals surface area contributed by atoms with Gasteiger partial charge < -0.3 is 14.6 Å². The zero-order valence-corrected chi connectivity index (χ0v) is 17.8. The molecule has 8 atom stereocenters. The van der Waals surface area contributed by atoms with Crippen LogP contribution in [0.3, 0.4) is 0 Å². The van der Waals surface area contributed by atoms with Crippen LogP contribution < -0.4 is 0 Å². The molecule has 5 aliphatic rings. The zero-order valence-electron chi connectivity index (χ0n) is 17.0. The molecule has 1 N–H and O–H groups in total. The Kier molecular flexibility index (Phi) is 4.75. The molecule has 0 unspecified atom stereocenters. The molecule has 4 heterocycles. The highest BCUT2D eigenvalue weighted by atomic mass is 32.2. The number of hydrogen-bond donors (Lipinski definition) is 1. The van der Waals surface area contributed by atoms with Gasteiger partial charge in [0.25, 0.3) is 0 Å². The first-order chi connectivity index (χ1) is 13.8. The third-order valence-corrected chi connectivity index (χ3v) is 8.73. The molecule has 4 aliphatic heterocycles. The van der Waals surface area contributed by atoms with Gasteiger partial charge in [-0.2, -0.15) is 0 Å². The lowest BCUT2D eigenvalue weighted by Gasteiger charge is -2.60. The number of hydrogen-bond acceptors (Lipinski definition) is 6. The van der Waals surface area contributed by atoms with Gasteiger partial charge in [-0.25, -0.2) is 14.6 Å². The van der Waals surface area contributed by atoms with Crippen molar-refractivity contribution in [3.8, 4) is 0 Å². The first kappa shape index (κ1) is 19.8. The van der Waals surface area contributed by atoms with E-state index in [1.807, 2.05) is 13.0 Å². The Bertz CT molecular complexity index is 816. The summed E-state index contributed by atoms with van der Waals surface area (Å²) in [6, 6.07) is 7.03. The van der Waals surface area contributed by atoms with E-state index >= 15 is 0 Å². The van der Waals surface area contributed by atoms with Gasteiger partial charge in [-0.3, -0.25) is 0 Å². The molecule has 1 spiro atoms. The number of carboxylic acid groups (broad SMARTS) is 1. The zero-order chi connectivity index (χ0) is 20.4. The Morgan fingerprint density at radius 2 is 2.00 bits per heavy atom. The van der Waals surface area contributed by atoms with Crippen LogP contribution in [-0.4, -0.2) is 34.2 Å². The number of aromatic carboxylic acids is 1. The van der Waals surface area contributed by atoms with Crippen LogP contribution in [0.5, 0.6) is 0 Å². The largest absolute Gasteiger partial charge is 0.478 e. The van der Waals surface area contributed by atoms with Gasteiger partial charge in [0, 0.05) is 17.2 Å². The maximum absolute atomic E-state index is 11.3. The van der Waals surface area contributed by atoms with Crippen molar-refractivity contribution in [2.45, 2.75) is 74.5 Å². The van der Waals surface area contributed by atoms with Crippen molar-refractivity contribution < 1.29 is 29.1 Å². The molecule has 1 aromatic rings. The predicted molar refractivity (Wildman–Crippen MR) is 106 cm³/mol. The molecule has 1 aromatic carbocycles. The highest BCUT2D eigenvalue weighted by Crippen LogP contribution is 2.61. The molecule has 4 saturated heterocycles. The minimum atomic E-state index is -0.920. The van der Waals surface area contributed by atoms with Crippen LogP contribution in [0.2, 0.25) is 0 Å². The molecular formula is C22H28O6S. The number of benzene rings is 1. The highest BCUT2D eigenvalue weighted by Gasteiger charge is 2.69. The standard InChI is InChI=1S/C22H28O6S/c1-12-7-8-17-13(2)19(29-15-6-4-5-14(11-15)18(23)24)25-20-22(17)16(12)9-10-21(3,26-20)27-28-22/h4-6,11-13,16-17,19-20H,7-10H2,1-3H3,(H,23,24)/t12-,13-,16+,17+,19-,20-,21-,22-/m1/s1. The van der Waals surface area contributed by atoms with Crippen LogP contribution in [0.1, 0.15) is 56.8 Å². The van der Waals surface area contributed by atoms with Crippen molar-refractivity contribution in [3.05, 3.63) is 29.8 Å². The number of ether oxygens (including phenoxy) is 2. The Labute approximate surface area is 175 Å². The summed E-state index contributed by atoms with van der Waals surface area (Å²) in [6.45, 7) is 6.44. The lowest BCUT2D eigenvalue weighted by atomic mass is 9.58. The molecule has 0 aromatic heterocycles. The van der Waals surface area contributed by atoms with Crippen molar-refractivity contribution in [1.29, 1.82) is 0 Å². The fourth-order valence-corrected chi connectivity index (χ4v) is 7.02. The van der Waals surface area contributed by atoms with Crippen LogP contribution >= 0.6 is 11.8 Å². The highest BCUT2D eigenvalue weighted by molar-refractivity contribution is 7.99. The Hall–Kier alpha value is -1.12. The second kappa shape index (κ2) is 6.95. The van der Waals surface area contributed by atoms with Gasteiger partial charge >= 0.3 is 5.97 Å². The van der Waals surface area contributed by atoms with Crippen LogP contribution in [0, 0.1) is 23.7 Å². The molecule has 1 aliphatic carbocycles. The summed E-state index contributed by atoms with van der Waals surface area (Å²) in [5.41, 5.74) is -0.414. The normalized spacial score (nSPS) is 46.0. The summed E-state index contributed by atoms with van der Waals surface area (Å²) in [5, 5.41) is 9.30. The van der Waals surface area contributed by atoms with Gasteiger partial charge in [-0.05, 0) is 62.1 Å². The van der Waals surface area contributed by atoms with Gasteiger partial charge in [0.1, 0.15) is 5.44 Å². The quantitative estimate of drug-likeness (QED) is 0.711. The first-order valence-corrected chi connectivity index (χ1v) is 11.4. The molecule has 6 nitrogen and oxygen atoms in total. The fraction of sp³-hybridized carbons (Fsp3) is 0.682. The maximum Gasteiger partial charge on any atom is 0.335 e. The third kappa shape index (κ3) is 3.05. The van der Waals surface area contributed by atoms with E-state index in [2.05, 4.69) is 13.8 Å². The number of rotatable bonds is 3. The van der Waals surface area contributed by atoms with E-state index in [0.29, 0.717) is 11.8 Å². The van der Waals surface area contributed by atoms with Gasteiger partial charge in [0.15, 0.2) is 11.9 Å². The minimum Gasteiger partial charge on any atom is -0.478 e. The molecule has 2 bridgehead atoms. The Balaban J connectivity index is 1.47. The summed E-state index contributed by atoms with van der Waals surface area (Å²) in [4.78, 5) is 24.2. The lowest BCUT2D eigenvalue weighted by Crippen LogP contribution is -2.70. The van der Waals surface area contributed by atoms with Gasteiger partial charge in [-0.1, -0.05) is 31.7 Å². The van der Waals surface area contributed by atoms with E-state index in [1.165, 1.54) is 6.42 Å². The first-order valence-electron chi connectivity index (χ1n) is 10.5. The molecule has 0 amide bonds. The monoisotopic (exact) mass is 420 g/mol. The average molecular weight is 421 g/mol. The number of carbonyl (C=O) groups is 1. The molecule has 0 radical (unpaired) electrons. The average Bonchev–Trinajstić information content (AvgIpc) is 2.92. The number of fused-ring (bicyclic) bond motifs is 2. The predicted octanol–water partition coefficient (Wildman–Crippen LogP) is 4.68. The van der Waals surface area contributed by atoms with Crippen LogP contribution in [0.4, 0.5) is 0 Å². The molecule has 7 heteroatoms. The number of thioether (sulfide) groups is 1. The summed E-state index contributed by atoms with van der Waals surface area (Å²) in [6.07, 6.45) is 3.55. The molecule has 158 valence electrons. The molecular weight excluding hydrogens is 392 g/mol. The second-order valence-electron chi connectivity index (χ2n) is 9.22. The molecule has 1 saturated carbocycles. The van der Waals surface area contributed by atoms with Crippen molar-refractivity contribution in [2.75, 3.05) is 0 Å². The molecule has 5 fully saturated rings. The van der Waals surface area contributed by atoms with E-state index in [9.17, 15) is 9.90 Å². The summed E-state index contributed by atoms with van der Waals surface area (Å²) >= 11 is 1.57. The van der Waals surface area contributed by atoms with E-state index in [0.717, 1.165) is 24.2 Å². The Morgan fingerprint density at radius 3 is 2.79 bits per heavy atom. The SMILES string of the molecule is C[C@H]1[C@@H](Sc2cccc(C(=O)O)c2)O[C@@H]2O[C@@]3(C)CC[C@H]4[C@H](C)CC[C@@H]1[C@@]24OO3. The van der Waals surface area contributed by atoms with Crippen LogP contribution in [0.15, 0.2) is 29.2 Å². The van der Waals surface area contributed by atoms with Crippen molar-refractivity contribution in [3.63, 3.8) is 0 Å². The van der Waals surface area contributed by atoms with Gasteiger partial charge in [-0.15, -0.1) is 0 Å². The van der Waals surface area contributed by atoms with Crippen LogP contribution in [-0.2, 0) is 19.2 Å². The second-order valence-corrected chi connectivity index (χ2v) is 10.4. The van der Waals surface area contributed by atoms with Gasteiger partial charge in [0.05, 0.1) is 5.56 Å². The molecule has 29 heavy (non-hydrogen) atoms. The van der Waals surface area contributed by atoms with E-state index in [4.69, 9.17) is 19.2 Å². The fourth-order valence-electron chi connectivity index (χ4n) is 5.84. The molecule has 6 rings (SSSR count). The third-order valence-electron chi connectivity index (χ3n) is 7.43. The summed E-state index contributed by atoms with van der Waals surface area (Å²) in [5.74, 6) is -0.333. The van der Waals surface area contributed by atoms with Crippen molar-refractivity contribution >= 4 is 17.7 Å².